The number of hydrogen-bond acceptors (Lipinski definition) is 7. The van der Waals surface area contributed by atoms with Crippen LogP contribution in [0.4, 0.5) is 17.5 Å². The van der Waals surface area contributed by atoms with E-state index >= 15 is 0 Å². The van der Waals surface area contributed by atoms with Gasteiger partial charge in [-0.05, 0) is 24.6 Å². The summed E-state index contributed by atoms with van der Waals surface area (Å²) in [7, 11) is 0. The Morgan fingerprint density at radius 2 is 2.23 bits per heavy atom. The number of anilines is 3. The van der Waals surface area contributed by atoms with E-state index in [9.17, 15) is 0 Å². The molecule has 2 bridgehead atoms. The molecule has 0 amide bonds. The van der Waals surface area contributed by atoms with Crippen molar-refractivity contribution >= 4 is 28.4 Å². The van der Waals surface area contributed by atoms with Crippen molar-refractivity contribution in [3.63, 3.8) is 0 Å². The molecule has 2 fully saturated rings. The molecule has 3 N–H and O–H groups in total. The second-order valence-corrected chi connectivity index (χ2v) is 7.23. The molecule has 2 saturated heterocycles. The Kier molecular flexibility index (Phi) is 3.00. The van der Waals surface area contributed by atoms with Crippen LogP contribution in [0.1, 0.15) is 17.7 Å². The highest BCUT2D eigenvalue weighted by Crippen LogP contribution is 2.33. The second kappa shape index (κ2) is 5.39. The van der Waals surface area contributed by atoms with Crippen LogP contribution in [0.3, 0.4) is 0 Å². The molecule has 8 nitrogen and oxygen atoms in total. The van der Waals surface area contributed by atoms with Crippen LogP contribution in [-0.4, -0.2) is 45.3 Å². The van der Waals surface area contributed by atoms with Gasteiger partial charge in [0.2, 0.25) is 5.95 Å². The SMILES string of the molecule is c1cc2[nH]ncc2cc1Nc1nc(N2CC3CC2CN3)nc2c1COC2. The Morgan fingerprint density at radius 3 is 3.12 bits per heavy atom. The highest BCUT2D eigenvalue weighted by molar-refractivity contribution is 5.83. The summed E-state index contributed by atoms with van der Waals surface area (Å²) in [6.07, 6.45) is 3.00. The summed E-state index contributed by atoms with van der Waals surface area (Å²) in [5.74, 6) is 1.66. The van der Waals surface area contributed by atoms with Crippen LogP contribution < -0.4 is 15.5 Å². The molecule has 2 aromatic heterocycles. The average molecular weight is 349 g/mol. The summed E-state index contributed by atoms with van der Waals surface area (Å²) in [6, 6.07) is 7.19. The molecule has 26 heavy (non-hydrogen) atoms. The van der Waals surface area contributed by atoms with Crippen LogP contribution in [-0.2, 0) is 18.0 Å². The Balaban J connectivity index is 1.39. The summed E-state index contributed by atoms with van der Waals surface area (Å²) in [5.41, 5.74) is 4.07. The first-order valence-electron chi connectivity index (χ1n) is 9.01. The molecule has 132 valence electrons. The highest BCUT2D eigenvalue weighted by Gasteiger charge is 2.39. The molecule has 2 unspecified atom stereocenters. The molecule has 0 radical (unpaired) electrons. The number of fused-ring (bicyclic) bond motifs is 4. The molecular weight excluding hydrogens is 330 g/mol. The van der Waals surface area contributed by atoms with Crippen molar-refractivity contribution in [2.24, 2.45) is 0 Å². The average Bonchev–Trinajstić information content (AvgIpc) is 3.43. The van der Waals surface area contributed by atoms with E-state index in [1.54, 1.807) is 0 Å². The molecule has 2 atom stereocenters. The van der Waals surface area contributed by atoms with E-state index in [0.29, 0.717) is 25.3 Å². The molecule has 3 aliphatic rings. The first-order valence-corrected chi connectivity index (χ1v) is 9.01. The Morgan fingerprint density at radius 1 is 1.23 bits per heavy atom. The molecule has 6 rings (SSSR count). The Labute approximate surface area is 150 Å². The fourth-order valence-corrected chi connectivity index (χ4v) is 4.23. The summed E-state index contributed by atoms with van der Waals surface area (Å²) in [5, 5.41) is 15.1. The molecule has 3 aliphatic heterocycles. The number of benzene rings is 1. The standard InChI is InChI=1S/C18H19N7O/c1-2-15-10(5-20-24-15)3-11(1)21-17-14-8-26-9-16(14)22-18(23-17)25-7-12-4-13(25)6-19-12/h1-3,5,12-13,19H,4,6-9H2,(H,20,24)(H,21,22,23). The lowest BCUT2D eigenvalue weighted by Crippen LogP contribution is -2.44. The fourth-order valence-electron chi connectivity index (χ4n) is 4.23. The minimum Gasteiger partial charge on any atom is -0.370 e. The fraction of sp³-hybridized carbons (Fsp3) is 0.389. The predicted molar refractivity (Wildman–Crippen MR) is 97.4 cm³/mol. The molecule has 8 heteroatoms. The van der Waals surface area contributed by atoms with E-state index < -0.39 is 0 Å². The van der Waals surface area contributed by atoms with Crippen molar-refractivity contribution in [2.45, 2.75) is 31.7 Å². The zero-order chi connectivity index (χ0) is 17.1. The van der Waals surface area contributed by atoms with Crippen LogP contribution in [0, 0.1) is 0 Å². The van der Waals surface area contributed by atoms with Gasteiger partial charge < -0.3 is 20.3 Å². The minimum absolute atomic E-state index is 0.496. The van der Waals surface area contributed by atoms with Gasteiger partial charge in [-0.25, -0.2) is 4.98 Å². The number of ether oxygens (including phenoxy) is 1. The van der Waals surface area contributed by atoms with Gasteiger partial charge in [-0.15, -0.1) is 0 Å². The second-order valence-electron chi connectivity index (χ2n) is 7.23. The van der Waals surface area contributed by atoms with Gasteiger partial charge in [0.05, 0.1) is 30.6 Å². The third-order valence-electron chi connectivity index (χ3n) is 5.58. The van der Waals surface area contributed by atoms with Gasteiger partial charge >= 0.3 is 0 Å². The normalized spacial score (nSPS) is 23.8. The first kappa shape index (κ1) is 14.5. The number of aromatic nitrogens is 4. The van der Waals surface area contributed by atoms with Crippen molar-refractivity contribution in [2.75, 3.05) is 23.3 Å². The zero-order valence-electron chi connectivity index (χ0n) is 14.2. The van der Waals surface area contributed by atoms with E-state index in [0.717, 1.165) is 52.7 Å². The Bertz CT molecular complexity index is 1000. The highest BCUT2D eigenvalue weighted by atomic mass is 16.5. The van der Waals surface area contributed by atoms with Crippen molar-refractivity contribution < 1.29 is 4.74 Å². The van der Waals surface area contributed by atoms with E-state index in [2.05, 4.69) is 31.8 Å². The lowest BCUT2D eigenvalue weighted by Gasteiger charge is -2.28. The number of piperazine rings is 1. The lowest BCUT2D eigenvalue weighted by atomic mass is 10.2. The van der Waals surface area contributed by atoms with Crippen molar-refractivity contribution in [1.29, 1.82) is 0 Å². The van der Waals surface area contributed by atoms with Crippen LogP contribution in [0.5, 0.6) is 0 Å². The lowest BCUT2D eigenvalue weighted by molar-refractivity contribution is 0.133. The van der Waals surface area contributed by atoms with E-state index in [1.807, 2.05) is 18.3 Å². The quantitative estimate of drug-likeness (QED) is 0.663. The van der Waals surface area contributed by atoms with Gasteiger partial charge in [0, 0.05) is 41.8 Å². The van der Waals surface area contributed by atoms with Crippen molar-refractivity contribution in [3.8, 4) is 0 Å². The third-order valence-corrected chi connectivity index (χ3v) is 5.58. The number of H-pyrrole nitrogens is 1. The molecule has 5 heterocycles. The van der Waals surface area contributed by atoms with Crippen LogP contribution in [0.15, 0.2) is 24.4 Å². The van der Waals surface area contributed by atoms with Gasteiger partial charge in [-0.1, -0.05) is 0 Å². The number of hydrogen-bond donors (Lipinski definition) is 3. The molecule has 0 saturated carbocycles. The smallest absolute Gasteiger partial charge is 0.228 e. The Hall–Kier alpha value is -2.71. The number of nitrogens with zero attached hydrogens (tertiary/aromatic N) is 4. The molecule has 1 aromatic carbocycles. The van der Waals surface area contributed by atoms with Crippen molar-refractivity contribution in [1.82, 2.24) is 25.5 Å². The molecule has 0 spiro atoms. The maximum atomic E-state index is 5.64. The van der Waals surface area contributed by atoms with Crippen LogP contribution in [0.2, 0.25) is 0 Å². The van der Waals surface area contributed by atoms with Crippen LogP contribution in [0.25, 0.3) is 10.9 Å². The predicted octanol–water partition coefficient (Wildman–Crippen LogP) is 1.68. The number of aromatic amines is 1. The van der Waals surface area contributed by atoms with Crippen molar-refractivity contribution in [3.05, 3.63) is 35.7 Å². The van der Waals surface area contributed by atoms with Gasteiger partial charge in [-0.2, -0.15) is 10.1 Å². The maximum Gasteiger partial charge on any atom is 0.228 e. The molecular formula is C18H19N7O. The molecule has 0 aliphatic carbocycles. The largest absolute Gasteiger partial charge is 0.370 e. The zero-order valence-corrected chi connectivity index (χ0v) is 14.2. The number of nitrogens with one attached hydrogen (secondary N) is 3. The summed E-state index contributed by atoms with van der Waals surface area (Å²) < 4.78 is 5.64. The summed E-state index contributed by atoms with van der Waals surface area (Å²) in [6.45, 7) is 3.10. The van der Waals surface area contributed by atoms with Crippen LogP contribution >= 0.6 is 0 Å². The first-order chi connectivity index (χ1) is 12.8. The minimum atomic E-state index is 0.496. The monoisotopic (exact) mass is 349 g/mol. The van der Waals surface area contributed by atoms with E-state index in [-0.39, 0.29) is 0 Å². The molecule has 3 aromatic rings. The topological polar surface area (TPSA) is 91.0 Å². The summed E-state index contributed by atoms with van der Waals surface area (Å²) >= 11 is 0. The maximum absolute atomic E-state index is 5.64. The third kappa shape index (κ3) is 2.19. The van der Waals surface area contributed by atoms with Gasteiger partial charge in [0.1, 0.15) is 5.82 Å². The van der Waals surface area contributed by atoms with Gasteiger partial charge in [0.25, 0.3) is 0 Å². The number of rotatable bonds is 3. The van der Waals surface area contributed by atoms with E-state index in [1.165, 1.54) is 6.42 Å². The van der Waals surface area contributed by atoms with Gasteiger partial charge in [-0.3, -0.25) is 5.10 Å². The summed E-state index contributed by atoms with van der Waals surface area (Å²) in [4.78, 5) is 12.0. The van der Waals surface area contributed by atoms with Gasteiger partial charge in [0.15, 0.2) is 0 Å². The van der Waals surface area contributed by atoms with E-state index in [4.69, 9.17) is 14.7 Å².